The van der Waals surface area contributed by atoms with Crippen molar-refractivity contribution in [2.24, 2.45) is 0 Å². The molecular weight excluding hydrogens is 392 g/mol. The average molecular weight is 417 g/mol. The third-order valence-corrected chi connectivity index (χ3v) is 6.67. The van der Waals surface area contributed by atoms with Gasteiger partial charge in [0.05, 0.1) is 18.2 Å². The third-order valence-electron chi connectivity index (χ3n) is 4.46. The van der Waals surface area contributed by atoms with Crippen molar-refractivity contribution in [2.75, 3.05) is 6.61 Å². The van der Waals surface area contributed by atoms with Crippen molar-refractivity contribution in [3.63, 3.8) is 0 Å². The number of allylic oxidation sites excluding steroid dienone is 1. The molecule has 0 bridgehead atoms. The molecule has 0 aliphatic carbocycles. The van der Waals surface area contributed by atoms with Gasteiger partial charge in [0.2, 0.25) is 0 Å². The molecule has 0 radical (unpaired) electrons. The van der Waals surface area contributed by atoms with Gasteiger partial charge in [0.15, 0.2) is 0 Å². The highest BCUT2D eigenvalue weighted by Crippen LogP contribution is 2.35. The molecule has 7 heteroatoms. The fraction of sp³-hybridized carbons (Fsp3) is 0.333. The van der Waals surface area contributed by atoms with Gasteiger partial charge in [-0.15, -0.1) is 11.3 Å². The van der Waals surface area contributed by atoms with E-state index in [1.807, 2.05) is 17.8 Å². The summed E-state index contributed by atoms with van der Waals surface area (Å²) in [4.78, 5) is 26.6. The van der Waals surface area contributed by atoms with Gasteiger partial charge in [0, 0.05) is 27.0 Å². The second kappa shape index (κ2) is 9.30. The van der Waals surface area contributed by atoms with Gasteiger partial charge in [-0.1, -0.05) is 30.3 Å². The molecule has 1 unspecified atom stereocenters. The van der Waals surface area contributed by atoms with Crippen LogP contribution in [-0.2, 0) is 21.0 Å². The molecule has 1 aliphatic heterocycles. The van der Waals surface area contributed by atoms with Crippen LogP contribution < -0.4 is 10.6 Å². The van der Waals surface area contributed by atoms with Crippen molar-refractivity contribution in [3.05, 3.63) is 68.5 Å². The third kappa shape index (κ3) is 4.77. The highest BCUT2D eigenvalue weighted by Gasteiger charge is 2.33. The lowest BCUT2D eigenvalue weighted by molar-refractivity contribution is -0.139. The number of carbonyl (C=O) groups is 2. The van der Waals surface area contributed by atoms with Gasteiger partial charge in [-0.25, -0.2) is 9.59 Å². The molecule has 2 heterocycles. The number of hydrogen-bond acceptors (Lipinski definition) is 5. The maximum atomic E-state index is 12.4. The summed E-state index contributed by atoms with van der Waals surface area (Å²) in [7, 11) is 0. The quantitative estimate of drug-likeness (QED) is 0.643. The fourth-order valence-corrected chi connectivity index (χ4v) is 5.32. The zero-order chi connectivity index (χ0) is 20.1. The number of benzene rings is 1. The largest absolute Gasteiger partial charge is 0.463 e. The average Bonchev–Trinajstić information content (AvgIpc) is 3.03. The molecule has 1 aromatic heterocycles. The summed E-state index contributed by atoms with van der Waals surface area (Å²) in [5.74, 6) is 1.43. The van der Waals surface area contributed by atoms with Crippen LogP contribution in [0, 0.1) is 6.92 Å². The Balaban J connectivity index is 1.77. The highest BCUT2D eigenvalue weighted by molar-refractivity contribution is 7.97. The Bertz CT molecular complexity index is 890. The summed E-state index contributed by atoms with van der Waals surface area (Å²) in [6, 6.07) is 11.7. The van der Waals surface area contributed by atoms with E-state index in [1.54, 1.807) is 25.2 Å². The van der Waals surface area contributed by atoms with Crippen LogP contribution in [0.1, 0.15) is 40.8 Å². The first-order chi connectivity index (χ1) is 13.5. The number of thioether (sulfide) groups is 1. The highest BCUT2D eigenvalue weighted by atomic mass is 32.2. The van der Waals surface area contributed by atoms with Crippen LogP contribution >= 0.6 is 23.1 Å². The molecule has 2 amide bonds. The van der Waals surface area contributed by atoms with Gasteiger partial charge in [0.25, 0.3) is 0 Å². The van der Waals surface area contributed by atoms with Crippen molar-refractivity contribution in [2.45, 2.75) is 38.3 Å². The molecule has 0 fully saturated rings. The van der Waals surface area contributed by atoms with Crippen LogP contribution in [0.5, 0.6) is 0 Å². The zero-order valence-electron chi connectivity index (χ0n) is 16.2. The molecule has 2 N–H and O–H groups in total. The first-order valence-corrected chi connectivity index (χ1v) is 11.1. The van der Waals surface area contributed by atoms with Crippen molar-refractivity contribution in [1.82, 2.24) is 10.6 Å². The smallest absolute Gasteiger partial charge is 0.338 e. The topological polar surface area (TPSA) is 67.4 Å². The summed E-state index contributed by atoms with van der Waals surface area (Å²) in [5, 5.41) is 5.54. The number of nitrogens with one attached hydrogen (secondary N) is 2. The zero-order valence-corrected chi connectivity index (χ0v) is 17.8. The lowest BCUT2D eigenvalue weighted by Crippen LogP contribution is -2.45. The van der Waals surface area contributed by atoms with Crippen molar-refractivity contribution in [1.29, 1.82) is 0 Å². The molecule has 28 heavy (non-hydrogen) atoms. The number of hydrogen-bond donors (Lipinski definition) is 2. The Hall–Kier alpha value is -2.25. The number of aryl methyl sites for hydroxylation is 1. The summed E-state index contributed by atoms with van der Waals surface area (Å²) >= 11 is 3.47. The van der Waals surface area contributed by atoms with Crippen LogP contribution in [-0.4, -0.2) is 18.6 Å². The van der Waals surface area contributed by atoms with Crippen LogP contribution in [0.3, 0.4) is 0 Å². The Morgan fingerprint density at radius 3 is 2.68 bits per heavy atom. The predicted molar refractivity (Wildman–Crippen MR) is 114 cm³/mol. The maximum absolute atomic E-state index is 12.4. The molecule has 1 atom stereocenters. The van der Waals surface area contributed by atoms with Gasteiger partial charge >= 0.3 is 12.0 Å². The molecule has 0 saturated carbocycles. The maximum Gasteiger partial charge on any atom is 0.338 e. The van der Waals surface area contributed by atoms with E-state index in [9.17, 15) is 9.59 Å². The van der Waals surface area contributed by atoms with Crippen LogP contribution in [0.4, 0.5) is 4.79 Å². The minimum atomic E-state index is -0.482. The van der Waals surface area contributed by atoms with E-state index in [1.165, 1.54) is 16.0 Å². The Morgan fingerprint density at radius 1 is 1.21 bits per heavy atom. The normalized spacial score (nSPS) is 16.5. The molecule has 0 spiro atoms. The van der Waals surface area contributed by atoms with Gasteiger partial charge in [-0.2, -0.15) is 11.8 Å². The van der Waals surface area contributed by atoms with E-state index in [4.69, 9.17) is 4.74 Å². The van der Waals surface area contributed by atoms with E-state index < -0.39 is 12.0 Å². The van der Waals surface area contributed by atoms with E-state index >= 15 is 0 Å². The van der Waals surface area contributed by atoms with Gasteiger partial charge in [-0.3, -0.25) is 0 Å². The molecule has 3 rings (SSSR count). The SMILES string of the molecule is CCOC(=O)C1=C(C)NC(=O)NC1c1cc(CSCc2ccccc2)c(C)s1. The van der Waals surface area contributed by atoms with Crippen LogP contribution in [0.15, 0.2) is 47.7 Å². The number of thiophene rings is 1. The second-order valence-corrected chi connectivity index (χ2v) is 8.77. The number of carbonyl (C=O) groups excluding carboxylic acids is 2. The number of rotatable bonds is 7. The number of urea groups is 1. The summed E-state index contributed by atoms with van der Waals surface area (Å²) in [6.45, 7) is 5.88. The molecule has 5 nitrogen and oxygen atoms in total. The first-order valence-electron chi connectivity index (χ1n) is 9.15. The van der Waals surface area contributed by atoms with Crippen LogP contribution in [0.25, 0.3) is 0 Å². The van der Waals surface area contributed by atoms with E-state index in [0.29, 0.717) is 17.9 Å². The Morgan fingerprint density at radius 2 is 1.96 bits per heavy atom. The molecule has 148 valence electrons. The number of ether oxygens (including phenoxy) is 1. The standard InChI is InChI=1S/C21H24N2O3S2/c1-4-26-20(24)18-13(2)22-21(25)23-19(18)17-10-16(14(3)28-17)12-27-11-15-8-6-5-7-9-15/h5-10,19H,4,11-12H2,1-3H3,(H2,22,23,25). The van der Waals surface area contributed by atoms with Gasteiger partial charge < -0.3 is 15.4 Å². The predicted octanol–water partition coefficient (Wildman–Crippen LogP) is 4.68. The van der Waals surface area contributed by atoms with E-state index in [0.717, 1.165) is 16.4 Å². The minimum absolute atomic E-state index is 0.293. The fourth-order valence-electron chi connectivity index (χ4n) is 3.07. The lowest BCUT2D eigenvalue weighted by Gasteiger charge is -2.27. The van der Waals surface area contributed by atoms with Crippen LogP contribution in [0.2, 0.25) is 0 Å². The van der Waals surface area contributed by atoms with E-state index in [-0.39, 0.29) is 6.03 Å². The molecule has 1 aliphatic rings. The number of esters is 1. The van der Waals surface area contributed by atoms with Gasteiger partial charge in [0.1, 0.15) is 0 Å². The van der Waals surface area contributed by atoms with Crippen molar-refractivity contribution < 1.29 is 14.3 Å². The van der Waals surface area contributed by atoms with Gasteiger partial charge in [-0.05, 0) is 38.0 Å². The Labute approximate surface area is 173 Å². The van der Waals surface area contributed by atoms with Crippen molar-refractivity contribution >= 4 is 35.1 Å². The van der Waals surface area contributed by atoms with E-state index in [2.05, 4.69) is 47.9 Å². The summed E-state index contributed by atoms with van der Waals surface area (Å²) in [6.07, 6.45) is 0. The summed E-state index contributed by atoms with van der Waals surface area (Å²) in [5.41, 5.74) is 3.54. The second-order valence-electron chi connectivity index (χ2n) is 6.50. The summed E-state index contributed by atoms with van der Waals surface area (Å²) < 4.78 is 5.20. The number of amides is 2. The monoisotopic (exact) mass is 416 g/mol. The molecule has 1 aromatic carbocycles. The molecule has 0 saturated heterocycles. The lowest BCUT2D eigenvalue weighted by atomic mass is 10.0. The Kier molecular flexibility index (Phi) is 6.80. The molecular formula is C21H24N2O3S2. The van der Waals surface area contributed by atoms with Crippen molar-refractivity contribution in [3.8, 4) is 0 Å². The molecule has 2 aromatic rings. The first kappa shape index (κ1) is 20.5. The minimum Gasteiger partial charge on any atom is -0.463 e.